The number of rotatable bonds is 9. The number of nitrogens with zero attached hydrogens (tertiary/aromatic N) is 4. The number of aromatic nitrogens is 4. The molecule has 78 heavy (non-hydrogen) atoms. The van der Waals surface area contributed by atoms with Gasteiger partial charge >= 0.3 is 0 Å². The van der Waals surface area contributed by atoms with E-state index < -0.39 is 0 Å². The summed E-state index contributed by atoms with van der Waals surface area (Å²) >= 11 is 0. The average molecular weight is 999 g/mol. The van der Waals surface area contributed by atoms with Crippen LogP contribution in [0.4, 0.5) is 0 Å². The van der Waals surface area contributed by atoms with Gasteiger partial charge < -0.3 is 9.13 Å². The molecule has 0 spiro atoms. The smallest absolute Gasteiger partial charge is 0.160 e. The van der Waals surface area contributed by atoms with Crippen LogP contribution in [-0.2, 0) is 0 Å². The van der Waals surface area contributed by atoms with Crippen molar-refractivity contribution in [2.45, 2.75) is 27.7 Å². The van der Waals surface area contributed by atoms with Crippen LogP contribution in [0, 0.1) is 27.7 Å². The van der Waals surface area contributed by atoms with Crippen LogP contribution < -0.4 is 0 Å². The molecule has 0 bridgehead atoms. The highest BCUT2D eigenvalue weighted by atomic mass is 15.0. The van der Waals surface area contributed by atoms with Gasteiger partial charge in [-0.15, -0.1) is 0 Å². The van der Waals surface area contributed by atoms with Crippen LogP contribution in [0.15, 0.2) is 255 Å². The SMILES string of the molecule is Cc1ccc(-c2ccc3c(c2)c2cc(-c4ccc(C)cc4)ccc2n3-c2cc(-c3cc(-c4ccccc4)nc(-c4ccccc4)n3)cc(-n3c4ccc(-c5ccc(C)cc5)cc4c4cc(-c5ccc(C)cc5)ccc43)c2)cc1. The molecule has 0 saturated carbocycles. The number of fused-ring (bicyclic) bond motifs is 6. The Hall–Kier alpha value is -9.90. The van der Waals surface area contributed by atoms with E-state index >= 15 is 0 Å². The van der Waals surface area contributed by atoms with Crippen LogP contribution in [0.25, 0.3) is 133 Å². The Morgan fingerprint density at radius 1 is 0.231 bits per heavy atom. The van der Waals surface area contributed by atoms with Crippen LogP contribution in [0.1, 0.15) is 22.3 Å². The summed E-state index contributed by atoms with van der Waals surface area (Å²) in [5, 5.41) is 4.75. The molecule has 4 heteroatoms. The van der Waals surface area contributed by atoms with Crippen molar-refractivity contribution >= 4 is 43.6 Å². The van der Waals surface area contributed by atoms with E-state index in [0.29, 0.717) is 5.82 Å². The topological polar surface area (TPSA) is 35.6 Å². The Morgan fingerprint density at radius 3 is 0.859 bits per heavy atom. The summed E-state index contributed by atoms with van der Waals surface area (Å²) in [6.07, 6.45) is 0. The normalized spacial score (nSPS) is 11.6. The molecule has 14 rings (SSSR count). The molecule has 3 aromatic heterocycles. The van der Waals surface area contributed by atoms with Crippen molar-refractivity contribution in [3.05, 3.63) is 277 Å². The lowest BCUT2D eigenvalue weighted by Crippen LogP contribution is -2.02. The van der Waals surface area contributed by atoms with Crippen molar-refractivity contribution in [3.63, 3.8) is 0 Å². The first-order chi connectivity index (χ1) is 38.2. The van der Waals surface area contributed by atoms with Gasteiger partial charge in [0.15, 0.2) is 5.82 Å². The lowest BCUT2D eigenvalue weighted by molar-refractivity contribution is 1.13. The molecule has 0 aliphatic rings. The van der Waals surface area contributed by atoms with E-state index in [2.05, 4.69) is 286 Å². The molecule has 0 amide bonds. The molecular formula is C74H54N4. The molecular weight excluding hydrogens is 945 g/mol. The summed E-state index contributed by atoms with van der Waals surface area (Å²) in [7, 11) is 0. The molecule has 0 aliphatic carbocycles. The van der Waals surface area contributed by atoms with E-state index in [0.717, 1.165) is 61.5 Å². The fourth-order valence-corrected chi connectivity index (χ4v) is 11.4. The summed E-state index contributed by atoms with van der Waals surface area (Å²) < 4.78 is 4.93. The zero-order valence-corrected chi connectivity index (χ0v) is 44.0. The third-order valence-corrected chi connectivity index (χ3v) is 15.6. The quantitative estimate of drug-likeness (QED) is 0.144. The maximum Gasteiger partial charge on any atom is 0.160 e. The summed E-state index contributed by atoms with van der Waals surface area (Å²) in [6, 6.07) is 93.4. The molecule has 0 N–H and O–H groups in total. The van der Waals surface area contributed by atoms with Crippen LogP contribution >= 0.6 is 0 Å². The second-order valence-corrected chi connectivity index (χ2v) is 21.0. The molecule has 0 radical (unpaired) electrons. The Labute approximate surface area is 454 Å². The maximum absolute atomic E-state index is 5.47. The molecule has 3 heterocycles. The standard InChI is InChI=1S/C74H54N4/c1-47-15-23-51(24-16-47)57-31-35-70-64(41-57)65-42-58(52-25-17-48(2)18-26-52)32-36-71(65)77(70)62-39-61(69-46-68(55-11-7-5-8-12-55)75-74(76-69)56-13-9-6-10-14-56)40-63(45-62)78-72-37-33-59(53-27-19-49(3)20-28-53)43-66(72)67-44-60(34-38-73(67)78)54-29-21-50(4)22-30-54/h5-46H,1-4H3. The van der Waals surface area contributed by atoms with Gasteiger partial charge in [0, 0.05) is 49.6 Å². The maximum atomic E-state index is 5.47. The van der Waals surface area contributed by atoms with E-state index in [9.17, 15) is 0 Å². The van der Waals surface area contributed by atoms with Crippen LogP contribution in [0.5, 0.6) is 0 Å². The van der Waals surface area contributed by atoms with Gasteiger partial charge in [-0.2, -0.15) is 0 Å². The van der Waals surface area contributed by atoms with Gasteiger partial charge in [-0.05, 0) is 145 Å². The first-order valence-corrected chi connectivity index (χ1v) is 26.9. The second kappa shape index (κ2) is 19.0. The highest BCUT2D eigenvalue weighted by molar-refractivity contribution is 6.13. The average Bonchev–Trinajstić information content (AvgIpc) is 4.11. The fraction of sp³-hybridized carbons (Fsp3) is 0.0541. The van der Waals surface area contributed by atoms with Gasteiger partial charge in [-0.1, -0.05) is 204 Å². The summed E-state index contributed by atoms with van der Waals surface area (Å²) in [5.74, 6) is 0.673. The third kappa shape index (κ3) is 8.45. The van der Waals surface area contributed by atoms with Crippen LogP contribution in [0.3, 0.4) is 0 Å². The highest BCUT2D eigenvalue weighted by Crippen LogP contribution is 2.42. The van der Waals surface area contributed by atoms with Crippen molar-refractivity contribution in [1.82, 2.24) is 19.1 Å². The lowest BCUT2D eigenvalue weighted by atomic mass is 9.99. The predicted molar refractivity (Wildman–Crippen MR) is 328 cm³/mol. The predicted octanol–water partition coefficient (Wildman–Crippen LogP) is 19.6. The number of hydrogen-bond acceptors (Lipinski definition) is 2. The monoisotopic (exact) mass is 998 g/mol. The number of aryl methyl sites for hydroxylation is 4. The highest BCUT2D eigenvalue weighted by Gasteiger charge is 2.21. The molecule has 11 aromatic carbocycles. The largest absolute Gasteiger partial charge is 0.309 e. The minimum atomic E-state index is 0.673. The molecule has 14 aromatic rings. The van der Waals surface area contributed by atoms with Gasteiger partial charge in [0.05, 0.1) is 33.5 Å². The van der Waals surface area contributed by atoms with Gasteiger partial charge in [0.25, 0.3) is 0 Å². The second-order valence-electron chi connectivity index (χ2n) is 21.0. The van der Waals surface area contributed by atoms with Crippen molar-refractivity contribution in [2.75, 3.05) is 0 Å². The van der Waals surface area contributed by atoms with Crippen molar-refractivity contribution < 1.29 is 0 Å². The van der Waals surface area contributed by atoms with Gasteiger partial charge in [-0.3, -0.25) is 0 Å². The van der Waals surface area contributed by atoms with Crippen molar-refractivity contribution in [2.24, 2.45) is 0 Å². The van der Waals surface area contributed by atoms with Gasteiger partial charge in [0.2, 0.25) is 0 Å². The van der Waals surface area contributed by atoms with E-state index in [1.54, 1.807) is 0 Å². The summed E-state index contributed by atoms with van der Waals surface area (Å²) in [6.45, 7) is 8.58. The van der Waals surface area contributed by atoms with Crippen molar-refractivity contribution in [1.29, 1.82) is 0 Å². The minimum absolute atomic E-state index is 0.673. The lowest BCUT2D eigenvalue weighted by Gasteiger charge is -2.17. The third-order valence-electron chi connectivity index (χ3n) is 15.6. The zero-order chi connectivity index (χ0) is 52.4. The Balaban J connectivity index is 1.07. The summed E-state index contributed by atoms with van der Waals surface area (Å²) in [5.41, 5.74) is 25.6. The van der Waals surface area contributed by atoms with E-state index in [1.165, 1.54) is 88.3 Å². The molecule has 0 saturated heterocycles. The fourth-order valence-electron chi connectivity index (χ4n) is 11.4. The zero-order valence-electron chi connectivity index (χ0n) is 44.0. The number of hydrogen-bond donors (Lipinski definition) is 0. The molecule has 370 valence electrons. The van der Waals surface area contributed by atoms with E-state index in [4.69, 9.17) is 9.97 Å². The van der Waals surface area contributed by atoms with E-state index in [-0.39, 0.29) is 0 Å². The van der Waals surface area contributed by atoms with E-state index in [1.807, 2.05) is 6.07 Å². The Bertz CT molecular complexity index is 4090. The summed E-state index contributed by atoms with van der Waals surface area (Å²) in [4.78, 5) is 10.7. The van der Waals surface area contributed by atoms with Crippen molar-refractivity contribution in [3.8, 4) is 89.8 Å². The number of benzene rings is 11. The first kappa shape index (κ1) is 46.6. The molecule has 0 fully saturated rings. The molecule has 0 atom stereocenters. The van der Waals surface area contributed by atoms with Gasteiger partial charge in [-0.25, -0.2) is 9.97 Å². The van der Waals surface area contributed by atoms with Crippen LogP contribution in [-0.4, -0.2) is 19.1 Å². The Kier molecular flexibility index (Phi) is 11.4. The molecule has 4 nitrogen and oxygen atoms in total. The Morgan fingerprint density at radius 2 is 0.526 bits per heavy atom. The minimum Gasteiger partial charge on any atom is -0.309 e. The molecule has 0 aliphatic heterocycles. The van der Waals surface area contributed by atoms with Crippen LogP contribution in [0.2, 0.25) is 0 Å². The molecule has 0 unspecified atom stereocenters. The van der Waals surface area contributed by atoms with Gasteiger partial charge in [0.1, 0.15) is 0 Å². The first-order valence-electron chi connectivity index (χ1n) is 26.9.